The molecule has 6 heteroatoms. The van der Waals surface area contributed by atoms with Crippen LogP contribution in [0.2, 0.25) is 0 Å². The van der Waals surface area contributed by atoms with E-state index in [1.54, 1.807) is 12.7 Å². The molecule has 0 amide bonds. The van der Waals surface area contributed by atoms with Crippen LogP contribution in [0.15, 0.2) is 43.0 Å². The van der Waals surface area contributed by atoms with Crippen LogP contribution in [0.5, 0.6) is 0 Å². The van der Waals surface area contributed by atoms with Crippen LogP contribution in [0.1, 0.15) is 19.1 Å². The Morgan fingerprint density at radius 2 is 2.00 bits per heavy atom. The average Bonchev–Trinajstić information content (AvgIpc) is 3.21. The van der Waals surface area contributed by atoms with Gasteiger partial charge in [0.05, 0.1) is 19.0 Å². The molecule has 0 bridgehead atoms. The van der Waals surface area contributed by atoms with E-state index in [0.717, 1.165) is 35.3 Å². The third-order valence-electron chi connectivity index (χ3n) is 4.01. The lowest BCUT2D eigenvalue weighted by atomic mass is 10.1. The molecular weight excluding hydrogens is 280 g/mol. The van der Waals surface area contributed by atoms with E-state index in [1.807, 2.05) is 34.9 Å². The highest BCUT2D eigenvalue weighted by molar-refractivity contribution is 5.86. The maximum Gasteiger partial charge on any atom is 0.165 e. The molecule has 1 fully saturated rings. The number of rotatable bonds is 3. The molecule has 0 saturated carbocycles. The highest BCUT2D eigenvalue weighted by Crippen LogP contribution is 2.32. The number of hydrogen-bond acceptors (Lipinski definition) is 5. The van der Waals surface area contributed by atoms with E-state index in [9.17, 15) is 5.11 Å². The average molecular weight is 296 g/mol. The number of nitrogens with zero attached hydrogens (tertiary/aromatic N) is 4. The van der Waals surface area contributed by atoms with E-state index in [-0.39, 0.29) is 18.9 Å². The lowest BCUT2D eigenvalue weighted by Crippen LogP contribution is -2.14. The van der Waals surface area contributed by atoms with Crippen molar-refractivity contribution in [3.05, 3.63) is 43.0 Å². The number of hydrogen-bond donors (Lipinski definition) is 1. The van der Waals surface area contributed by atoms with Crippen molar-refractivity contribution < 1.29 is 9.84 Å². The van der Waals surface area contributed by atoms with E-state index in [0.29, 0.717) is 0 Å². The largest absolute Gasteiger partial charge is 0.394 e. The van der Waals surface area contributed by atoms with Gasteiger partial charge in [0, 0.05) is 5.56 Å². The van der Waals surface area contributed by atoms with Gasteiger partial charge in [-0.1, -0.05) is 30.3 Å². The molecule has 0 aliphatic carbocycles. The Morgan fingerprint density at radius 1 is 1.14 bits per heavy atom. The van der Waals surface area contributed by atoms with E-state index in [1.165, 1.54) is 0 Å². The maximum absolute atomic E-state index is 9.21. The molecule has 6 nitrogen and oxygen atoms in total. The highest BCUT2D eigenvalue weighted by Gasteiger charge is 2.27. The Bertz CT molecular complexity index is 787. The molecule has 3 aromatic rings. The molecule has 1 aromatic carbocycles. The molecule has 3 heterocycles. The van der Waals surface area contributed by atoms with Crippen LogP contribution in [0, 0.1) is 0 Å². The first-order valence-corrected chi connectivity index (χ1v) is 7.36. The van der Waals surface area contributed by atoms with Crippen molar-refractivity contribution in [1.29, 1.82) is 0 Å². The van der Waals surface area contributed by atoms with Gasteiger partial charge in [0.2, 0.25) is 0 Å². The van der Waals surface area contributed by atoms with Crippen LogP contribution in [0.3, 0.4) is 0 Å². The van der Waals surface area contributed by atoms with Gasteiger partial charge >= 0.3 is 0 Å². The summed E-state index contributed by atoms with van der Waals surface area (Å²) in [4.78, 5) is 13.2. The molecule has 0 spiro atoms. The number of ether oxygens (including phenoxy) is 1. The van der Waals surface area contributed by atoms with Crippen LogP contribution in [0.4, 0.5) is 0 Å². The van der Waals surface area contributed by atoms with Gasteiger partial charge in [-0.2, -0.15) is 0 Å². The predicted molar refractivity (Wildman–Crippen MR) is 81.0 cm³/mol. The van der Waals surface area contributed by atoms with Gasteiger partial charge in [0.15, 0.2) is 5.65 Å². The summed E-state index contributed by atoms with van der Waals surface area (Å²) in [6.07, 6.45) is 4.77. The van der Waals surface area contributed by atoms with Crippen LogP contribution in [-0.4, -0.2) is 37.3 Å². The van der Waals surface area contributed by atoms with E-state index < -0.39 is 0 Å². The second-order valence-electron chi connectivity index (χ2n) is 5.39. The minimum atomic E-state index is -0.124. The van der Waals surface area contributed by atoms with E-state index >= 15 is 0 Å². The maximum atomic E-state index is 9.21. The lowest BCUT2D eigenvalue weighted by molar-refractivity contribution is -0.0207. The number of imidazole rings is 1. The zero-order valence-corrected chi connectivity index (χ0v) is 12.0. The van der Waals surface area contributed by atoms with Gasteiger partial charge in [-0.15, -0.1) is 0 Å². The Kier molecular flexibility index (Phi) is 3.32. The Balaban J connectivity index is 1.78. The predicted octanol–water partition coefficient (Wildman–Crippen LogP) is 2.16. The molecule has 1 aliphatic heterocycles. The first-order chi connectivity index (χ1) is 10.9. The summed E-state index contributed by atoms with van der Waals surface area (Å²) in [5.41, 5.74) is 3.36. The van der Waals surface area contributed by atoms with Crippen molar-refractivity contribution in [3.8, 4) is 11.3 Å². The first-order valence-electron chi connectivity index (χ1n) is 7.36. The molecular formula is C16H16N4O2. The zero-order valence-electron chi connectivity index (χ0n) is 12.0. The number of aromatic nitrogens is 4. The van der Waals surface area contributed by atoms with Gasteiger partial charge in [-0.25, -0.2) is 15.0 Å². The summed E-state index contributed by atoms with van der Waals surface area (Å²) in [6, 6.07) is 9.95. The van der Waals surface area contributed by atoms with E-state index in [4.69, 9.17) is 4.74 Å². The van der Waals surface area contributed by atoms with Crippen LogP contribution in [0.25, 0.3) is 22.4 Å². The van der Waals surface area contributed by atoms with Crippen LogP contribution in [-0.2, 0) is 4.74 Å². The summed E-state index contributed by atoms with van der Waals surface area (Å²) in [6.45, 7) is 0.0490. The number of aliphatic hydroxyl groups is 1. The Hall–Kier alpha value is -2.31. The molecule has 2 unspecified atom stereocenters. The quantitative estimate of drug-likeness (QED) is 0.802. The molecule has 2 atom stereocenters. The van der Waals surface area contributed by atoms with Crippen molar-refractivity contribution in [1.82, 2.24) is 19.5 Å². The fraction of sp³-hybridized carbons (Fsp3) is 0.312. The molecule has 22 heavy (non-hydrogen) atoms. The number of aliphatic hydroxyl groups excluding tert-OH is 1. The fourth-order valence-corrected chi connectivity index (χ4v) is 2.90. The normalized spacial score (nSPS) is 21.5. The Labute approximate surface area is 127 Å². The van der Waals surface area contributed by atoms with Crippen molar-refractivity contribution >= 4 is 11.2 Å². The third-order valence-corrected chi connectivity index (χ3v) is 4.01. The van der Waals surface area contributed by atoms with Crippen LogP contribution >= 0.6 is 0 Å². The highest BCUT2D eigenvalue weighted by atomic mass is 16.5. The minimum Gasteiger partial charge on any atom is -0.394 e. The molecule has 1 aliphatic rings. The van der Waals surface area contributed by atoms with Gasteiger partial charge < -0.3 is 9.84 Å². The summed E-state index contributed by atoms with van der Waals surface area (Å²) in [5, 5.41) is 9.21. The molecule has 0 radical (unpaired) electrons. The summed E-state index contributed by atoms with van der Waals surface area (Å²) >= 11 is 0. The van der Waals surface area contributed by atoms with Crippen molar-refractivity contribution in [2.45, 2.75) is 25.2 Å². The second-order valence-corrected chi connectivity index (χ2v) is 5.39. The number of fused-ring (bicyclic) bond motifs is 1. The number of benzene rings is 1. The smallest absolute Gasteiger partial charge is 0.165 e. The second kappa shape index (κ2) is 5.47. The SMILES string of the molecule is OCC1CCC(n2cnc3c(-c4ccccc4)ncnc32)O1. The molecule has 4 rings (SSSR count). The summed E-state index contributed by atoms with van der Waals surface area (Å²) < 4.78 is 7.75. The van der Waals surface area contributed by atoms with Gasteiger partial charge in [0.1, 0.15) is 23.8 Å². The molecule has 112 valence electrons. The standard InChI is InChI=1S/C16H16N4O2/c21-8-12-6-7-13(22-12)20-10-19-15-14(17-9-18-16(15)20)11-4-2-1-3-5-11/h1-5,9-10,12-13,21H,6-8H2. The van der Waals surface area contributed by atoms with Crippen LogP contribution < -0.4 is 0 Å². The zero-order chi connectivity index (χ0) is 14.9. The summed E-state index contributed by atoms with van der Waals surface area (Å²) in [5.74, 6) is 0. The molecule has 1 N–H and O–H groups in total. The van der Waals surface area contributed by atoms with E-state index in [2.05, 4.69) is 15.0 Å². The van der Waals surface area contributed by atoms with Crippen molar-refractivity contribution in [2.24, 2.45) is 0 Å². The minimum absolute atomic E-state index is 0.0490. The monoisotopic (exact) mass is 296 g/mol. The van der Waals surface area contributed by atoms with Gasteiger partial charge in [-0.05, 0) is 12.8 Å². The lowest BCUT2D eigenvalue weighted by Gasteiger charge is -2.13. The molecule has 1 saturated heterocycles. The summed E-state index contributed by atoms with van der Waals surface area (Å²) in [7, 11) is 0. The van der Waals surface area contributed by atoms with Crippen molar-refractivity contribution in [2.75, 3.05) is 6.61 Å². The topological polar surface area (TPSA) is 73.1 Å². The molecule has 2 aromatic heterocycles. The Morgan fingerprint density at radius 3 is 2.77 bits per heavy atom. The van der Waals surface area contributed by atoms with Gasteiger partial charge in [0.25, 0.3) is 0 Å². The first kappa shape index (κ1) is 13.4. The fourth-order valence-electron chi connectivity index (χ4n) is 2.90. The van der Waals surface area contributed by atoms with Crippen molar-refractivity contribution in [3.63, 3.8) is 0 Å². The third kappa shape index (κ3) is 2.17. The van der Waals surface area contributed by atoms with Gasteiger partial charge in [-0.3, -0.25) is 4.57 Å².